The second kappa shape index (κ2) is 34.6. The van der Waals surface area contributed by atoms with Crippen molar-refractivity contribution in [2.24, 2.45) is 0 Å². The van der Waals surface area contributed by atoms with E-state index in [0.717, 1.165) is 89.9 Å². The molecule has 0 spiro atoms. The molecule has 1 heterocycles. The van der Waals surface area contributed by atoms with Crippen LogP contribution in [0.3, 0.4) is 0 Å². The molecule has 0 amide bonds. The van der Waals surface area contributed by atoms with E-state index in [1.54, 1.807) is 0 Å². The minimum Gasteiger partial charge on any atom is -0.457 e. The number of unbranched alkanes of at least 4 members (excludes halogenated alkanes) is 9. The number of ether oxygens (including phenoxy) is 4. The molecule has 12 nitrogen and oxygen atoms in total. The molecule has 1 aliphatic rings. The summed E-state index contributed by atoms with van der Waals surface area (Å²) in [7, 11) is -5.06. The summed E-state index contributed by atoms with van der Waals surface area (Å²) in [5.41, 5.74) is 0. The molecule has 322 valence electrons. The third-order valence-electron chi connectivity index (χ3n) is 8.84. The van der Waals surface area contributed by atoms with E-state index in [0.29, 0.717) is 13.0 Å². The topological polar surface area (TPSA) is 178 Å². The average molecular weight is 813 g/mol. The Balaban J connectivity index is 2.38. The van der Waals surface area contributed by atoms with E-state index in [4.69, 9.17) is 23.5 Å². The van der Waals surface area contributed by atoms with Gasteiger partial charge in [-0.15, -0.1) is 0 Å². The summed E-state index contributed by atoms with van der Waals surface area (Å²) < 4.78 is 58.6. The molecule has 0 bridgehead atoms. The third-order valence-corrected chi connectivity index (χ3v) is 9.31. The van der Waals surface area contributed by atoms with Crippen LogP contribution in [0.5, 0.6) is 0 Å². The molecule has 0 aromatic heterocycles. The molecule has 1 rings (SSSR count). The van der Waals surface area contributed by atoms with Gasteiger partial charge in [-0.05, 0) is 64.2 Å². The first kappa shape index (κ1) is 51.6. The summed E-state index contributed by atoms with van der Waals surface area (Å²) in [6.45, 7) is 3.74. The quantitative estimate of drug-likeness (QED) is 0.0214. The van der Waals surface area contributed by atoms with Crippen molar-refractivity contribution in [1.29, 1.82) is 0 Å². The van der Waals surface area contributed by atoms with Gasteiger partial charge in [-0.1, -0.05) is 132 Å². The Bertz CT molecular complexity index is 1260. The van der Waals surface area contributed by atoms with Crippen LogP contribution in [0.4, 0.5) is 0 Å². The number of rotatable bonds is 34. The second-order valence-electron chi connectivity index (χ2n) is 13.9. The van der Waals surface area contributed by atoms with Gasteiger partial charge in [0, 0.05) is 13.0 Å². The first-order chi connectivity index (χ1) is 27.1. The summed E-state index contributed by atoms with van der Waals surface area (Å²) in [6.07, 6.45) is 34.0. The fourth-order valence-corrected chi connectivity index (χ4v) is 6.24. The van der Waals surface area contributed by atoms with Crippen molar-refractivity contribution in [3.8, 4) is 0 Å². The molecule has 1 aliphatic heterocycles. The van der Waals surface area contributed by atoms with Gasteiger partial charge in [0.1, 0.15) is 30.5 Å². The number of esters is 1. The van der Waals surface area contributed by atoms with Crippen LogP contribution in [-0.4, -0.2) is 97.5 Å². The molecule has 56 heavy (non-hydrogen) atoms. The van der Waals surface area contributed by atoms with E-state index in [2.05, 4.69) is 90.9 Å². The van der Waals surface area contributed by atoms with Crippen molar-refractivity contribution in [2.45, 2.75) is 166 Å². The van der Waals surface area contributed by atoms with Gasteiger partial charge in [0.25, 0.3) is 0 Å². The summed E-state index contributed by atoms with van der Waals surface area (Å²) in [5.74, 6) is -0.430. The van der Waals surface area contributed by atoms with E-state index in [9.17, 15) is 28.5 Å². The maximum atomic E-state index is 12.7. The van der Waals surface area contributed by atoms with Gasteiger partial charge in [-0.2, -0.15) is 8.42 Å². The standard InChI is InChI=1S/C43H72O12S/c1-3-5-7-9-11-12-13-14-15-16-17-18-19-20-21-22-23-24-25-26-27-28-30-32-39(45)53-37(35-51-33-31-29-10-8-6-4-2)36-52-43-41(47)42(55-56(48,49)50)40(46)38(34-44)54-43/h5,7,11-12,14-15,17-18,20-21,23-24,37-38,40-44,46-47H,3-4,6,8-10,13,16,19,22,25-36H2,1-2H3,(H,48,49,50)/b7-5-,12-11-,15-14-,18-17-,21-20-,24-23-. The molecule has 0 radical (unpaired) electrons. The molecular weight excluding hydrogens is 741 g/mol. The summed E-state index contributed by atoms with van der Waals surface area (Å²) in [4.78, 5) is 12.7. The number of carbonyl (C=O) groups is 1. The molecular formula is C43H72O12S. The van der Waals surface area contributed by atoms with E-state index < -0.39 is 59.8 Å². The predicted molar refractivity (Wildman–Crippen MR) is 220 cm³/mol. The lowest BCUT2D eigenvalue weighted by atomic mass is 9.99. The lowest BCUT2D eigenvalue weighted by Gasteiger charge is -2.41. The summed E-state index contributed by atoms with van der Waals surface area (Å²) in [6, 6.07) is 0. The third kappa shape index (κ3) is 28.0. The van der Waals surface area contributed by atoms with Crippen LogP contribution in [0.1, 0.15) is 129 Å². The van der Waals surface area contributed by atoms with Crippen LogP contribution in [0.25, 0.3) is 0 Å². The SMILES string of the molecule is CC/C=C\C/C=C\C/C=C\C/C=C\C/C=C\C/C=C\CCCCCCC(=O)OC(COCCCCCCCC)COC1OC(CO)C(O)C(OS(=O)(=O)O)C1O. The summed E-state index contributed by atoms with van der Waals surface area (Å²) >= 11 is 0. The van der Waals surface area contributed by atoms with Crippen LogP contribution in [0.15, 0.2) is 72.9 Å². The molecule has 0 aromatic rings. The van der Waals surface area contributed by atoms with Crippen molar-refractivity contribution >= 4 is 16.4 Å². The van der Waals surface area contributed by atoms with Crippen LogP contribution in [0, 0.1) is 0 Å². The lowest BCUT2D eigenvalue weighted by Crippen LogP contribution is -2.60. The number of aliphatic hydroxyl groups is 3. The summed E-state index contributed by atoms with van der Waals surface area (Å²) in [5, 5.41) is 30.5. The molecule has 1 fully saturated rings. The molecule has 6 atom stereocenters. The minimum absolute atomic E-state index is 0.0203. The zero-order chi connectivity index (χ0) is 41.1. The van der Waals surface area contributed by atoms with Crippen molar-refractivity contribution in [1.82, 2.24) is 0 Å². The Kier molecular flexibility index (Phi) is 31.8. The number of aliphatic hydroxyl groups excluding tert-OH is 3. The van der Waals surface area contributed by atoms with Crippen molar-refractivity contribution in [3.63, 3.8) is 0 Å². The largest absolute Gasteiger partial charge is 0.457 e. The Labute approximate surface area is 337 Å². The molecule has 0 saturated carbocycles. The molecule has 6 unspecified atom stereocenters. The maximum absolute atomic E-state index is 12.7. The van der Waals surface area contributed by atoms with Crippen LogP contribution in [0.2, 0.25) is 0 Å². The fraction of sp³-hybridized carbons (Fsp3) is 0.698. The molecule has 4 N–H and O–H groups in total. The van der Waals surface area contributed by atoms with Gasteiger partial charge in [0.2, 0.25) is 0 Å². The van der Waals surface area contributed by atoms with E-state index >= 15 is 0 Å². The number of allylic oxidation sites excluding steroid dienone is 12. The van der Waals surface area contributed by atoms with Gasteiger partial charge in [-0.25, -0.2) is 4.18 Å². The number of carbonyl (C=O) groups excluding carboxylic acids is 1. The van der Waals surface area contributed by atoms with Crippen molar-refractivity contribution in [3.05, 3.63) is 72.9 Å². The van der Waals surface area contributed by atoms with E-state index in [1.807, 2.05) is 0 Å². The molecule has 0 aliphatic carbocycles. The maximum Gasteiger partial charge on any atom is 0.397 e. The first-order valence-electron chi connectivity index (χ1n) is 20.7. The Morgan fingerprint density at radius 2 is 1.23 bits per heavy atom. The van der Waals surface area contributed by atoms with E-state index in [-0.39, 0.29) is 19.6 Å². The van der Waals surface area contributed by atoms with Crippen molar-refractivity contribution in [2.75, 3.05) is 26.4 Å². The Morgan fingerprint density at radius 3 is 1.80 bits per heavy atom. The lowest BCUT2D eigenvalue weighted by molar-refractivity contribution is -0.301. The normalized spacial score (nSPS) is 21.6. The van der Waals surface area contributed by atoms with E-state index in [1.165, 1.54) is 12.8 Å². The Hall–Kier alpha value is -2.46. The molecule has 0 aromatic carbocycles. The highest BCUT2D eigenvalue weighted by atomic mass is 32.3. The van der Waals surface area contributed by atoms with Gasteiger partial charge in [0.15, 0.2) is 6.29 Å². The number of hydrogen-bond donors (Lipinski definition) is 4. The number of hydrogen-bond acceptors (Lipinski definition) is 11. The van der Waals surface area contributed by atoms with Crippen LogP contribution >= 0.6 is 0 Å². The minimum atomic E-state index is -5.06. The highest BCUT2D eigenvalue weighted by Crippen LogP contribution is 2.26. The van der Waals surface area contributed by atoms with Crippen LogP contribution in [-0.2, 0) is 38.3 Å². The second-order valence-corrected chi connectivity index (χ2v) is 14.9. The first-order valence-corrected chi connectivity index (χ1v) is 22.1. The molecule has 1 saturated heterocycles. The zero-order valence-corrected chi connectivity index (χ0v) is 34.7. The van der Waals surface area contributed by atoms with Crippen LogP contribution < -0.4 is 0 Å². The van der Waals surface area contributed by atoms with Gasteiger partial charge < -0.3 is 34.3 Å². The fourth-order valence-electron chi connectivity index (χ4n) is 5.73. The van der Waals surface area contributed by atoms with Crippen molar-refractivity contribution < 1.29 is 56.2 Å². The van der Waals surface area contributed by atoms with Gasteiger partial charge in [0.05, 0.1) is 19.8 Å². The van der Waals surface area contributed by atoms with Gasteiger partial charge in [-0.3, -0.25) is 9.35 Å². The van der Waals surface area contributed by atoms with Gasteiger partial charge >= 0.3 is 16.4 Å². The highest BCUT2D eigenvalue weighted by Gasteiger charge is 2.48. The highest BCUT2D eigenvalue weighted by molar-refractivity contribution is 7.80. The smallest absolute Gasteiger partial charge is 0.397 e. The monoisotopic (exact) mass is 812 g/mol. The Morgan fingerprint density at radius 1 is 0.696 bits per heavy atom. The molecule has 13 heteroatoms. The average Bonchev–Trinajstić information content (AvgIpc) is 3.17. The zero-order valence-electron chi connectivity index (χ0n) is 33.9. The predicted octanol–water partition coefficient (Wildman–Crippen LogP) is 7.96.